The second kappa shape index (κ2) is 8.88. The smallest absolute Gasteiger partial charge is 0.271 e. The number of carbonyl (C=O) groups excluding carboxylic acids is 2. The average Bonchev–Trinajstić information content (AvgIpc) is 3.50. The van der Waals surface area contributed by atoms with Crippen LogP contribution in [0.15, 0.2) is 127 Å². The van der Waals surface area contributed by atoms with Crippen molar-refractivity contribution in [1.82, 2.24) is 0 Å². The van der Waals surface area contributed by atoms with Gasteiger partial charge in [0.2, 0.25) is 11.5 Å². The lowest BCUT2D eigenvalue weighted by Crippen LogP contribution is -2.63. The minimum atomic E-state index is -1.63. The van der Waals surface area contributed by atoms with Crippen molar-refractivity contribution in [3.8, 4) is 0 Å². The van der Waals surface area contributed by atoms with Crippen molar-refractivity contribution in [3.05, 3.63) is 166 Å². The second-order valence-electron chi connectivity index (χ2n) is 11.9. The molecule has 5 aromatic rings. The first kappa shape index (κ1) is 25.7. The Morgan fingerprint density at radius 2 is 1.16 bits per heavy atom. The van der Waals surface area contributed by atoms with Crippen molar-refractivity contribution < 1.29 is 18.8 Å². The number of benzene rings is 5. The molecule has 5 aromatic carbocycles. The van der Waals surface area contributed by atoms with Crippen LogP contribution in [0, 0.1) is 11.2 Å². The first-order chi connectivity index (χ1) is 21.5. The van der Waals surface area contributed by atoms with Crippen molar-refractivity contribution in [1.29, 1.82) is 0 Å². The Kier molecular flexibility index (Phi) is 5.19. The Bertz CT molecular complexity index is 1950. The monoisotopic (exact) mass is 598 g/mol. The first-order valence-corrected chi connectivity index (χ1v) is 15.0. The van der Waals surface area contributed by atoms with Crippen LogP contribution in [0.3, 0.4) is 0 Å². The van der Waals surface area contributed by atoms with Crippen LogP contribution in [0.1, 0.15) is 45.7 Å². The maximum Gasteiger partial charge on any atom is 0.271 e. The molecule has 3 atom stereocenters. The summed E-state index contributed by atoms with van der Waals surface area (Å²) in [6.45, 7) is 0. The van der Waals surface area contributed by atoms with E-state index in [-0.39, 0.29) is 5.91 Å². The largest absolute Gasteiger partial charge is 0.273 e. The molecular weight excluding hydrogens is 575 g/mol. The van der Waals surface area contributed by atoms with Crippen LogP contribution >= 0.6 is 11.6 Å². The van der Waals surface area contributed by atoms with E-state index in [9.17, 15) is 4.39 Å². The third-order valence-electron chi connectivity index (χ3n) is 9.98. The quantitative estimate of drug-likeness (QED) is 0.201. The van der Waals surface area contributed by atoms with Gasteiger partial charge in [-0.3, -0.25) is 14.4 Å². The zero-order valence-corrected chi connectivity index (χ0v) is 24.0. The summed E-state index contributed by atoms with van der Waals surface area (Å²) in [4.78, 5) is 39.2. The number of para-hydroxylation sites is 1. The predicted molar refractivity (Wildman–Crippen MR) is 165 cm³/mol. The summed E-state index contributed by atoms with van der Waals surface area (Å²) in [6.07, 6.45) is 0. The third-order valence-corrected chi connectivity index (χ3v) is 10.2. The van der Waals surface area contributed by atoms with Crippen LogP contribution in [0.2, 0.25) is 5.02 Å². The Hall–Kier alpha value is -4.78. The fourth-order valence-electron chi connectivity index (χ4n) is 8.50. The molecule has 5 aliphatic rings. The number of nitrogens with zero attached hydrogens (tertiary/aromatic N) is 2. The van der Waals surface area contributed by atoms with Gasteiger partial charge in [0, 0.05) is 10.9 Å². The van der Waals surface area contributed by atoms with E-state index in [0.717, 1.165) is 33.5 Å². The lowest BCUT2D eigenvalue weighted by molar-refractivity contribution is -0.153. The van der Waals surface area contributed by atoms with Gasteiger partial charge >= 0.3 is 0 Å². The van der Waals surface area contributed by atoms with Gasteiger partial charge in [0.15, 0.2) is 0 Å². The van der Waals surface area contributed by atoms with Gasteiger partial charge in [0.05, 0.1) is 17.3 Å². The molecule has 2 saturated heterocycles. The van der Waals surface area contributed by atoms with E-state index in [0.29, 0.717) is 10.7 Å². The van der Waals surface area contributed by atoms with Crippen LogP contribution < -0.4 is 9.96 Å². The number of imide groups is 1. The molecule has 2 fully saturated rings. The highest BCUT2D eigenvalue weighted by Crippen LogP contribution is 2.77. The Morgan fingerprint density at radius 1 is 0.614 bits per heavy atom. The summed E-state index contributed by atoms with van der Waals surface area (Å²) in [5.74, 6) is -2.37. The molecule has 214 valence electrons. The van der Waals surface area contributed by atoms with Crippen LogP contribution in [-0.2, 0) is 14.4 Å². The molecule has 2 aliphatic heterocycles. The van der Waals surface area contributed by atoms with Gasteiger partial charge in [-0.25, -0.2) is 14.4 Å². The maximum absolute atomic E-state index is 15.5. The number of hydrogen-bond acceptors (Lipinski definition) is 4. The van der Waals surface area contributed by atoms with Gasteiger partial charge in [-0.05, 0) is 76.3 Å². The van der Waals surface area contributed by atoms with E-state index >= 15 is 9.59 Å². The normalized spacial score (nSPS) is 27.6. The Morgan fingerprint density at radius 3 is 1.75 bits per heavy atom. The van der Waals surface area contributed by atoms with Gasteiger partial charge in [-0.2, -0.15) is 0 Å². The summed E-state index contributed by atoms with van der Waals surface area (Å²) >= 11 is 6.38. The number of hydrogen-bond donors (Lipinski definition) is 0. The van der Waals surface area contributed by atoms with Gasteiger partial charge in [-0.1, -0.05) is 90.5 Å². The number of carbonyl (C=O) groups is 2. The minimum absolute atomic E-state index is 0.314. The van der Waals surface area contributed by atoms with Gasteiger partial charge < -0.3 is 0 Å². The summed E-state index contributed by atoms with van der Waals surface area (Å²) < 4.78 is 14.1. The molecule has 44 heavy (non-hydrogen) atoms. The maximum atomic E-state index is 15.5. The molecule has 0 saturated carbocycles. The first-order valence-electron chi connectivity index (χ1n) is 14.6. The number of anilines is 2. The summed E-state index contributed by atoms with van der Waals surface area (Å²) in [5, 5.41) is 2.34. The highest BCUT2D eigenvalue weighted by atomic mass is 35.5. The molecule has 3 unspecified atom stereocenters. The van der Waals surface area contributed by atoms with Crippen LogP contribution in [0.25, 0.3) is 0 Å². The molecule has 10 rings (SSSR count). The van der Waals surface area contributed by atoms with E-state index in [1.54, 1.807) is 17.2 Å². The van der Waals surface area contributed by atoms with E-state index in [2.05, 4.69) is 12.1 Å². The molecule has 0 N–H and O–H groups in total. The lowest BCUT2D eigenvalue weighted by atomic mass is 9.43. The highest BCUT2D eigenvalue weighted by Gasteiger charge is 2.87. The number of halogens is 2. The Balaban J connectivity index is 1.43. The molecular formula is C37H24ClFN2O3. The molecule has 7 heteroatoms. The van der Waals surface area contributed by atoms with E-state index in [4.69, 9.17) is 16.4 Å². The molecule has 2 heterocycles. The van der Waals surface area contributed by atoms with E-state index in [1.807, 2.05) is 78.9 Å². The van der Waals surface area contributed by atoms with Crippen molar-refractivity contribution in [3.63, 3.8) is 0 Å². The molecule has 3 aliphatic carbocycles. The minimum Gasteiger partial charge on any atom is -0.273 e. The van der Waals surface area contributed by atoms with Crippen LogP contribution in [0.5, 0.6) is 0 Å². The highest BCUT2D eigenvalue weighted by molar-refractivity contribution is 6.31. The SMILES string of the molecule is O=C1N(c2ccc(F)cc2)C(=O)C23C4c5ccccc5C(c5ccccc54)C12ON(c1ccccc1)C3c1ccc(Cl)cc1. The van der Waals surface area contributed by atoms with E-state index < -0.39 is 40.6 Å². The van der Waals surface area contributed by atoms with Gasteiger partial charge in [-0.15, -0.1) is 0 Å². The Labute approximate surface area is 258 Å². The zero-order chi connectivity index (χ0) is 29.8. The van der Waals surface area contributed by atoms with Crippen LogP contribution in [-0.4, -0.2) is 17.4 Å². The van der Waals surface area contributed by atoms with Crippen molar-refractivity contribution in [2.24, 2.45) is 5.41 Å². The summed E-state index contributed by atoms with van der Waals surface area (Å²) in [7, 11) is 0. The van der Waals surface area contributed by atoms with Gasteiger partial charge in [0.25, 0.3) is 5.91 Å². The topological polar surface area (TPSA) is 49.9 Å². The summed E-state index contributed by atoms with van der Waals surface area (Å²) in [6, 6.07) is 38.0. The lowest BCUT2D eigenvalue weighted by Gasteiger charge is -2.55. The number of rotatable bonds is 3. The average molecular weight is 599 g/mol. The molecule has 5 nitrogen and oxygen atoms in total. The molecule has 0 radical (unpaired) electrons. The van der Waals surface area contributed by atoms with Crippen molar-refractivity contribution >= 4 is 34.8 Å². The fourth-order valence-corrected chi connectivity index (χ4v) is 8.63. The van der Waals surface area contributed by atoms with Crippen molar-refractivity contribution in [2.45, 2.75) is 23.5 Å². The number of hydroxylamine groups is 1. The fraction of sp³-hybridized carbons (Fsp3) is 0.135. The van der Waals surface area contributed by atoms with Crippen molar-refractivity contribution in [2.75, 3.05) is 9.96 Å². The third kappa shape index (κ3) is 2.92. The second-order valence-corrected chi connectivity index (χ2v) is 12.3. The molecule has 2 bridgehead atoms. The predicted octanol–water partition coefficient (Wildman–Crippen LogP) is 7.56. The number of amides is 2. The van der Waals surface area contributed by atoms with Gasteiger partial charge in [0.1, 0.15) is 17.3 Å². The molecule has 0 aromatic heterocycles. The van der Waals surface area contributed by atoms with Crippen LogP contribution in [0.4, 0.5) is 15.8 Å². The molecule has 2 amide bonds. The standard InChI is InChI=1S/C37H24ClFN2O3/c38-23-16-14-22(15-17-23)33-36-31-27-10-4-6-12-29(27)32(30-13-7-5-11-28(30)31)37(36,44-41(33)26-8-2-1-3-9-26)35(43)40(34(36)42)25-20-18-24(39)19-21-25/h1-21,31-33H. The zero-order valence-electron chi connectivity index (χ0n) is 23.2. The summed E-state index contributed by atoms with van der Waals surface area (Å²) in [5.41, 5.74) is 2.74. The molecule has 0 spiro atoms. The van der Waals surface area contributed by atoms with E-state index in [1.165, 1.54) is 29.2 Å².